The van der Waals surface area contributed by atoms with Crippen molar-refractivity contribution in [3.05, 3.63) is 35.9 Å². The largest absolute Gasteiger partial charge is 0.346 e. The summed E-state index contributed by atoms with van der Waals surface area (Å²) in [5.41, 5.74) is 8.21. The first-order valence-corrected chi connectivity index (χ1v) is 9.05. The molecule has 1 aromatic rings. The van der Waals surface area contributed by atoms with Crippen molar-refractivity contribution in [2.24, 2.45) is 5.92 Å². The normalized spacial score (nSPS) is 23.9. The Morgan fingerprint density at radius 2 is 1.91 bits per heavy atom. The van der Waals surface area contributed by atoms with E-state index in [-0.39, 0.29) is 0 Å². The summed E-state index contributed by atoms with van der Waals surface area (Å²) in [7, 11) is 1.95. The van der Waals surface area contributed by atoms with Gasteiger partial charge in [-0.2, -0.15) is 0 Å². The molecule has 0 spiro atoms. The first kappa shape index (κ1) is 16.5. The summed E-state index contributed by atoms with van der Waals surface area (Å²) in [4.78, 5) is 13.8. The molecule has 1 aliphatic heterocycles. The molecule has 1 aromatic carbocycles. The van der Waals surface area contributed by atoms with Gasteiger partial charge in [-0.1, -0.05) is 43.2 Å². The Hall–Kier alpha value is -1.39. The van der Waals surface area contributed by atoms with Gasteiger partial charge in [0.15, 0.2) is 0 Å². The highest BCUT2D eigenvalue weighted by Crippen LogP contribution is 2.30. The first-order valence-electron chi connectivity index (χ1n) is 9.05. The molecule has 2 unspecified atom stereocenters. The fourth-order valence-electron chi connectivity index (χ4n) is 3.38. The second kappa shape index (κ2) is 7.93. The van der Waals surface area contributed by atoms with E-state index in [2.05, 4.69) is 41.2 Å². The second-order valence-corrected chi connectivity index (χ2v) is 7.07. The number of rotatable bonds is 8. The predicted molar refractivity (Wildman–Crippen MR) is 92.7 cm³/mol. The fourth-order valence-corrected chi connectivity index (χ4v) is 3.38. The number of nitrogens with one attached hydrogen (secondary N) is 2. The number of carbonyl (C=O) groups excluding carboxylic acids is 1. The smallest absolute Gasteiger partial charge is 0.225 e. The summed E-state index contributed by atoms with van der Waals surface area (Å²) in [5.74, 6) is 0.709. The minimum atomic E-state index is 0.351. The van der Waals surface area contributed by atoms with E-state index in [1.54, 1.807) is 0 Å². The summed E-state index contributed by atoms with van der Waals surface area (Å²) in [6.45, 7) is 0.915. The predicted octanol–water partition coefficient (Wildman–Crippen LogP) is 3.02. The lowest BCUT2D eigenvalue weighted by molar-refractivity contribution is -0.131. The van der Waals surface area contributed by atoms with E-state index in [1.807, 2.05) is 11.9 Å². The molecular formula is C19H29N3O. The summed E-state index contributed by atoms with van der Waals surface area (Å²) in [6, 6.07) is 11.6. The Morgan fingerprint density at radius 3 is 2.65 bits per heavy atom. The maximum Gasteiger partial charge on any atom is 0.225 e. The van der Waals surface area contributed by atoms with Gasteiger partial charge in [0.05, 0.1) is 0 Å². The van der Waals surface area contributed by atoms with E-state index in [9.17, 15) is 4.79 Å². The summed E-state index contributed by atoms with van der Waals surface area (Å²) in [5, 5.41) is 0. The average Bonchev–Trinajstić information content (AvgIpc) is 3.33. The average molecular weight is 315 g/mol. The fraction of sp³-hybridized carbons (Fsp3) is 0.632. The molecule has 0 radical (unpaired) electrons. The van der Waals surface area contributed by atoms with Gasteiger partial charge >= 0.3 is 0 Å². The first-order chi connectivity index (χ1) is 11.2. The molecule has 1 heterocycles. The Bertz CT molecular complexity index is 501. The van der Waals surface area contributed by atoms with Gasteiger partial charge in [0.1, 0.15) is 0 Å². The molecule has 1 saturated carbocycles. The van der Waals surface area contributed by atoms with E-state index in [1.165, 1.54) is 24.8 Å². The van der Waals surface area contributed by atoms with Crippen molar-refractivity contribution >= 4 is 5.91 Å². The number of nitrogens with zero attached hydrogens (tertiary/aromatic N) is 1. The van der Waals surface area contributed by atoms with Crippen LogP contribution in [-0.2, 0) is 4.79 Å². The van der Waals surface area contributed by atoms with Crippen molar-refractivity contribution < 1.29 is 4.79 Å². The third-order valence-corrected chi connectivity index (χ3v) is 5.03. The summed E-state index contributed by atoms with van der Waals surface area (Å²) >= 11 is 0. The Labute approximate surface area is 139 Å². The van der Waals surface area contributed by atoms with E-state index >= 15 is 0 Å². The van der Waals surface area contributed by atoms with Gasteiger partial charge in [0.2, 0.25) is 5.91 Å². The molecule has 1 aliphatic carbocycles. The van der Waals surface area contributed by atoms with Crippen molar-refractivity contribution in [2.75, 3.05) is 13.6 Å². The molecule has 4 heteroatoms. The number of amides is 1. The van der Waals surface area contributed by atoms with Crippen LogP contribution in [0.5, 0.6) is 0 Å². The van der Waals surface area contributed by atoms with Crippen LogP contribution in [0.25, 0.3) is 0 Å². The van der Waals surface area contributed by atoms with Gasteiger partial charge in [-0.05, 0) is 37.7 Å². The maximum atomic E-state index is 11.9. The summed E-state index contributed by atoms with van der Waals surface area (Å²) in [6.07, 6.45) is 8.12. The van der Waals surface area contributed by atoms with E-state index < -0.39 is 0 Å². The van der Waals surface area contributed by atoms with E-state index in [4.69, 9.17) is 0 Å². The molecular weight excluding hydrogens is 286 g/mol. The van der Waals surface area contributed by atoms with Crippen LogP contribution in [0.3, 0.4) is 0 Å². The topological polar surface area (TPSA) is 44.4 Å². The highest BCUT2D eigenvalue weighted by Gasteiger charge is 2.31. The zero-order valence-electron chi connectivity index (χ0n) is 14.1. The number of hydrogen-bond acceptors (Lipinski definition) is 3. The van der Waals surface area contributed by atoms with Crippen molar-refractivity contribution in [1.82, 2.24) is 15.8 Å². The molecule has 2 fully saturated rings. The van der Waals surface area contributed by atoms with Crippen molar-refractivity contribution in [2.45, 2.75) is 57.0 Å². The van der Waals surface area contributed by atoms with Crippen molar-refractivity contribution in [1.29, 1.82) is 0 Å². The number of unbranched alkanes of at least 4 members (excludes halogenated alkanes) is 2. The molecule has 3 rings (SSSR count). The number of hydrogen-bond donors (Lipinski definition) is 2. The highest BCUT2D eigenvalue weighted by atomic mass is 16.2. The molecule has 2 atom stereocenters. The van der Waals surface area contributed by atoms with Crippen LogP contribution in [0.15, 0.2) is 30.3 Å². The minimum Gasteiger partial charge on any atom is -0.346 e. The molecule has 4 nitrogen and oxygen atoms in total. The third kappa shape index (κ3) is 4.79. The lowest BCUT2D eigenvalue weighted by Gasteiger charge is -2.17. The number of carbonyl (C=O) groups is 1. The van der Waals surface area contributed by atoms with Crippen LogP contribution in [-0.4, -0.2) is 30.4 Å². The maximum absolute atomic E-state index is 11.9. The van der Waals surface area contributed by atoms with Gasteiger partial charge in [-0.15, -0.1) is 0 Å². The third-order valence-electron chi connectivity index (χ3n) is 5.03. The van der Waals surface area contributed by atoms with Gasteiger partial charge in [0.25, 0.3) is 0 Å². The van der Waals surface area contributed by atoms with Crippen LogP contribution in [0, 0.1) is 5.92 Å². The Morgan fingerprint density at radius 1 is 1.13 bits per heavy atom. The van der Waals surface area contributed by atoms with Crippen molar-refractivity contribution in [3.63, 3.8) is 0 Å². The molecule has 2 N–H and O–H groups in total. The Balaban J connectivity index is 1.27. The van der Waals surface area contributed by atoms with Crippen LogP contribution in [0.4, 0.5) is 0 Å². The second-order valence-electron chi connectivity index (χ2n) is 7.07. The zero-order valence-corrected chi connectivity index (χ0v) is 14.1. The molecule has 1 amide bonds. The van der Waals surface area contributed by atoms with Gasteiger partial charge in [0, 0.05) is 31.6 Å². The quantitative estimate of drug-likeness (QED) is 0.725. The SMILES string of the molecule is CN(CCCCCC1CC(c2ccccc2)NN1)C(=O)C1CC1. The lowest BCUT2D eigenvalue weighted by Crippen LogP contribution is -2.31. The van der Waals surface area contributed by atoms with Crippen LogP contribution >= 0.6 is 0 Å². The molecule has 0 bridgehead atoms. The van der Waals surface area contributed by atoms with Gasteiger partial charge in [-0.25, -0.2) is 0 Å². The van der Waals surface area contributed by atoms with E-state index in [0.717, 1.165) is 32.2 Å². The molecule has 126 valence electrons. The van der Waals surface area contributed by atoms with Crippen LogP contribution in [0.2, 0.25) is 0 Å². The minimum absolute atomic E-state index is 0.351. The van der Waals surface area contributed by atoms with Gasteiger partial charge < -0.3 is 4.90 Å². The number of hydrazine groups is 1. The standard InChI is InChI=1S/C19H29N3O/c1-22(19(23)16-11-12-16)13-7-3-6-10-17-14-18(21-20-17)15-8-4-2-5-9-15/h2,4-5,8-9,16-18,20-21H,3,6-7,10-14H2,1H3. The molecule has 2 aliphatic rings. The van der Waals surface area contributed by atoms with Crippen LogP contribution in [0.1, 0.15) is 56.6 Å². The van der Waals surface area contributed by atoms with E-state index in [0.29, 0.717) is 23.9 Å². The van der Waals surface area contributed by atoms with Crippen LogP contribution < -0.4 is 10.9 Å². The monoisotopic (exact) mass is 315 g/mol. The number of benzene rings is 1. The summed E-state index contributed by atoms with van der Waals surface area (Å²) < 4.78 is 0. The highest BCUT2D eigenvalue weighted by molar-refractivity contribution is 5.80. The van der Waals surface area contributed by atoms with Crippen molar-refractivity contribution in [3.8, 4) is 0 Å². The zero-order chi connectivity index (χ0) is 16.1. The molecule has 23 heavy (non-hydrogen) atoms. The lowest BCUT2D eigenvalue weighted by atomic mass is 9.99. The van der Waals surface area contributed by atoms with Gasteiger partial charge in [-0.3, -0.25) is 15.6 Å². The Kier molecular flexibility index (Phi) is 5.68. The molecule has 0 aromatic heterocycles. The molecule has 1 saturated heterocycles.